The van der Waals surface area contributed by atoms with Crippen LogP contribution in [-0.2, 0) is 0 Å². The van der Waals surface area contributed by atoms with Crippen molar-refractivity contribution in [3.63, 3.8) is 0 Å². The summed E-state index contributed by atoms with van der Waals surface area (Å²) in [6.45, 7) is 4.28. The molecule has 0 atom stereocenters. The zero-order valence-electron chi connectivity index (χ0n) is 11.9. The second kappa shape index (κ2) is 5.35. The van der Waals surface area contributed by atoms with Gasteiger partial charge in [0.15, 0.2) is 0 Å². The van der Waals surface area contributed by atoms with Crippen LogP contribution in [0.1, 0.15) is 62.3 Å². The van der Waals surface area contributed by atoms with E-state index in [1.807, 2.05) is 0 Å². The Morgan fingerprint density at radius 1 is 1.00 bits per heavy atom. The maximum Gasteiger partial charge on any atom is 0.137 e. The third kappa shape index (κ3) is 2.82. The lowest BCUT2D eigenvalue weighted by Gasteiger charge is -2.27. The van der Waals surface area contributed by atoms with Crippen LogP contribution in [0.2, 0.25) is 0 Å². The molecule has 0 unspecified atom stereocenters. The number of rotatable bonds is 2. The molecular weight excluding hydrogens is 236 g/mol. The number of nitrogens with two attached hydrogens (primary N) is 1. The molecule has 1 aromatic heterocycles. The van der Waals surface area contributed by atoms with E-state index >= 15 is 0 Å². The van der Waals surface area contributed by atoms with Crippen LogP contribution >= 0.6 is 0 Å². The van der Waals surface area contributed by atoms with Gasteiger partial charge in [-0.1, -0.05) is 19.3 Å². The van der Waals surface area contributed by atoms with Crippen LogP contribution in [0.3, 0.4) is 0 Å². The van der Waals surface area contributed by atoms with Gasteiger partial charge in [-0.25, -0.2) is 9.97 Å². The molecule has 0 radical (unpaired) electrons. The summed E-state index contributed by atoms with van der Waals surface area (Å²) >= 11 is 0. The highest BCUT2D eigenvalue weighted by atomic mass is 15.2. The highest BCUT2D eigenvalue weighted by molar-refractivity contribution is 5.56. The topological polar surface area (TPSA) is 55.0 Å². The van der Waals surface area contributed by atoms with E-state index in [4.69, 9.17) is 10.7 Å². The summed E-state index contributed by atoms with van der Waals surface area (Å²) in [5.41, 5.74) is 7.15. The first kappa shape index (κ1) is 12.7. The Morgan fingerprint density at radius 2 is 1.63 bits per heavy atom. The van der Waals surface area contributed by atoms with Gasteiger partial charge < -0.3 is 10.6 Å². The largest absolute Gasteiger partial charge is 0.383 e. The molecule has 0 aromatic carbocycles. The molecule has 2 fully saturated rings. The van der Waals surface area contributed by atoms with Gasteiger partial charge in [0.05, 0.1) is 0 Å². The zero-order valence-corrected chi connectivity index (χ0v) is 11.9. The molecule has 1 saturated carbocycles. The monoisotopic (exact) mass is 260 g/mol. The van der Waals surface area contributed by atoms with Crippen molar-refractivity contribution in [3.8, 4) is 0 Å². The first-order chi connectivity index (χ1) is 9.25. The van der Waals surface area contributed by atoms with Crippen molar-refractivity contribution < 1.29 is 0 Å². The van der Waals surface area contributed by atoms with E-state index in [1.54, 1.807) is 0 Å². The summed E-state index contributed by atoms with van der Waals surface area (Å²) in [4.78, 5) is 11.7. The quantitative estimate of drug-likeness (QED) is 0.888. The molecule has 4 nitrogen and oxygen atoms in total. The first-order valence-corrected chi connectivity index (χ1v) is 7.64. The normalized spacial score (nSPS) is 21.0. The van der Waals surface area contributed by atoms with Gasteiger partial charge in [0.1, 0.15) is 17.5 Å². The maximum atomic E-state index is 6.09. The second-order valence-corrected chi connectivity index (χ2v) is 5.94. The van der Waals surface area contributed by atoms with Gasteiger partial charge in [0.2, 0.25) is 0 Å². The van der Waals surface area contributed by atoms with E-state index in [2.05, 4.69) is 16.8 Å². The average molecular weight is 260 g/mol. The molecule has 2 heterocycles. The molecule has 1 aliphatic carbocycles. The molecule has 2 N–H and O–H groups in total. The van der Waals surface area contributed by atoms with E-state index in [1.165, 1.54) is 44.9 Å². The maximum absolute atomic E-state index is 6.09. The summed E-state index contributed by atoms with van der Waals surface area (Å²) in [7, 11) is 0. The number of nitrogens with zero attached hydrogens (tertiary/aromatic N) is 3. The Labute approximate surface area is 115 Å². The van der Waals surface area contributed by atoms with Gasteiger partial charge in [-0.2, -0.15) is 0 Å². The van der Waals surface area contributed by atoms with Gasteiger partial charge in [-0.3, -0.25) is 0 Å². The second-order valence-electron chi connectivity index (χ2n) is 5.94. The van der Waals surface area contributed by atoms with Crippen LogP contribution in [0.15, 0.2) is 0 Å². The van der Waals surface area contributed by atoms with Crippen LogP contribution in [0.5, 0.6) is 0 Å². The van der Waals surface area contributed by atoms with Crippen molar-refractivity contribution in [2.45, 2.75) is 57.8 Å². The van der Waals surface area contributed by atoms with Gasteiger partial charge in [-0.15, -0.1) is 0 Å². The van der Waals surface area contributed by atoms with Crippen molar-refractivity contribution in [2.24, 2.45) is 0 Å². The van der Waals surface area contributed by atoms with Gasteiger partial charge >= 0.3 is 0 Å². The number of hydrogen-bond donors (Lipinski definition) is 1. The van der Waals surface area contributed by atoms with E-state index in [0.29, 0.717) is 11.7 Å². The van der Waals surface area contributed by atoms with Gasteiger partial charge in [0, 0.05) is 24.6 Å². The van der Waals surface area contributed by atoms with E-state index < -0.39 is 0 Å². The fourth-order valence-electron chi connectivity index (χ4n) is 2.83. The van der Waals surface area contributed by atoms with E-state index in [9.17, 15) is 0 Å². The van der Waals surface area contributed by atoms with E-state index in [0.717, 1.165) is 30.3 Å². The smallest absolute Gasteiger partial charge is 0.137 e. The third-order valence-electron chi connectivity index (χ3n) is 4.27. The van der Waals surface area contributed by atoms with Crippen molar-refractivity contribution in [2.75, 3.05) is 23.7 Å². The van der Waals surface area contributed by atoms with Gasteiger partial charge in [0.25, 0.3) is 0 Å². The molecule has 0 spiro atoms. The minimum Gasteiger partial charge on any atom is -0.383 e. The minimum absolute atomic E-state index is 0.566. The molecule has 19 heavy (non-hydrogen) atoms. The number of anilines is 2. The lowest BCUT2D eigenvalue weighted by molar-refractivity contribution is 0.552. The van der Waals surface area contributed by atoms with Crippen LogP contribution in [0.25, 0.3) is 0 Å². The number of aromatic nitrogens is 2. The molecule has 104 valence electrons. The molecule has 2 aliphatic rings. The molecule has 0 amide bonds. The van der Waals surface area contributed by atoms with Crippen molar-refractivity contribution in [3.05, 3.63) is 11.4 Å². The summed E-state index contributed by atoms with van der Waals surface area (Å²) < 4.78 is 0. The van der Waals surface area contributed by atoms with Crippen molar-refractivity contribution >= 4 is 11.6 Å². The number of hydrogen-bond acceptors (Lipinski definition) is 4. The summed E-state index contributed by atoms with van der Waals surface area (Å²) in [6, 6.07) is 0. The Morgan fingerprint density at radius 3 is 2.26 bits per heavy atom. The Kier molecular flexibility index (Phi) is 3.58. The lowest BCUT2D eigenvalue weighted by atomic mass is 10.1. The standard InChI is InChI=1S/C15H24N4/c1-11-13(16)17-14(12-7-8-12)18-15(11)19-9-5-3-2-4-6-10-19/h12H,2-10H2,1H3,(H2,16,17,18). The highest BCUT2D eigenvalue weighted by Gasteiger charge is 2.28. The third-order valence-corrected chi connectivity index (χ3v) is 4.27. The molecule has 1 saturated heterocycles. The summed E-state index contributed by atoms with van der Waals surface area (Å²) in [5.74, 6) is 3.31. The Bertz CT molecular complexity index is 446. The zero-order chi connectivity index (χ0) is 13.2. The fourth-order valence-corrected chi connectivity index (χ4v) is 2.83. The van der Waals surface area contributed by atoms with Crippen LogP contribution < -0.4 is 10.6 Å². The van der Waals surface area contributed by atoms with Crippen molar-refractivity contribution in [1.82, 2.24) is 9.97 Å². The predicted molar refractivity (Wildman–Crippen MR) is 78.5 cm³/mol. The minimum atomic E-state index is 0.566. The molecule has 3 rings (SSSR count). The number of nitrogen functional groups attached to an aromatic ring is 1. The first-order valence-electron chi connectivity index (χ1n) is 7.64. The van der Waals surface area contributed by atoms with Crippen LogP contribution in [0, 0.1) is 6.92 Å². The average Bonchev–Trinajstić information content (AvgIpc) is 3.17. The predicted octanol–water partition coefficient (Wildman–Crippen LogP) is 3.02. The van der Waals surface area contributed by atoms with Gasteiger partial charge in [-0.05, 0) is 32.6 Å². The molecular formula is C15H24N4. The molecule has 1 aromatic rings. The Hall–Kier alpha value is -1.32. The van der Waals surface area contributed by atoms with Crippen molar-refractivity contribution in [1.29, 1.82) is 0 Å². The molecule has 0 bridgehead atoms. The highest BCUT2D eigenvalue weighted by Crippen LogP contribution is 2.39. The van der Waals surface area contributed by atoms with Crippen LogP contribution in [0.4, 0.5) is 11.6 Å². The van der Waals surface area contributed by atoms with Crippen LogP contribution in [-0.4, -0.2) is 23.1 Å². The molecule has 4 heteroatoms. The molecule has 1 aliphatic heterocycles. The van der Waals surface area contributed by atoms with E-state index in [-0.39, 0.29) is 0 Å². The SMILES string of the molecule is Cc1c(N)nc(C2CC2)nc1N1CCCCCCC1. The summed E-state index contributed by atoms with van der Waals surface area (Å²) in [5, 5.41) is 0. The Balaban J connectivity index is 1.88. The summed E-state index contributed by atoms with van der Waals surface area (Å²) in [6.07, 6.45) is 9.04. The fraction of sp³-hybridized carbons (Fsp3) is 0.733. The lowest BCUT2D eigenvalue weighted by Crippen LogP contribution is -2.29.